The van der Waals surface area contributed by atoms with E-state index in [0.29, 0.717) is 35.6 Å². The molecular weight excluding hydrogens is 2970 g/mol. The van der Waals surface area contributed by atoms with E-state index in [9.17, 15) is 0 Å². The van der Waals surface area contributed by atoms with Gasteiger partial charge >= 0.3 is 0 Å². The third-order valence-electron chi connectivity index (χ3n) is 15.3. The molecule has 590 valence electrons. The van der Waals surface area contributed by atoms with Gasteiger partial charge in [0, 0.05) is 319 Å². The summed E-state index contributed by atoms with van der Waals surface area (Å²) in [6.07, 6.45) is 1.38. The van der Waals surface area contributed by atoms with E-state index in [2.05, 4.69) is 99.7 Å². The average Bonchev–Trinajstić information content (AvgIpc) is 0.791. The summed E-state index contributed by atoms with van der Waals surface area (Å²) in [6, 6.07) is 61.2. The van der Waals surface area contributed by atoms with Gasteiger partial charge in [-0.2, -0.15) is 0 Å². The molecule has 0 amide bonds. The van der Waals surface area contributed by atoms with Crippen LogP contribution >= 0.6 is 0 Å². The third-order valence-corrected chi connectivity index (χ3v) is 15.3. The van der Waals surface area contributed by atoms with Crippen molar-refractivity contribution in [2.75, 3.05) is 0 Å². The molecule has 0 aliphatic carbocycles. The summed E-state index contributed by atoms with van der Waals surface area (Å²) in [5.41, 5.74) is 12.3. The quantitative estimate of drug-likeness (QED) is 0.0865. The van der Waals surface area contributed by atoms with Crippen molar-refractivity contribution >= 4 is 22.7 Å². The third kappa shape index (κ3) is 41.2. The molecule has 8 aromatic carbocycles. The van der Waals surface area contributed by atoms with E-state index in [4.69, 9.17) is 78.9 Å². The Hall–Kier alpha value is -4.26. The molecule has 0 radical (unpaired) electrons. The first-order chi connectivity index (χ1) is 45.5. The zero-order valence-electron chi connectivity index (χ0n) is 59.7. The molecule has 0 aliphatic rings. The summed E-state index contributed by atoms with van der Waals surface area (Å²) >= 11 is 0. The Kier molecular flexibility index (Phi) is 77.9. The van der Waals surface area contributed by atoms with Crippen LogP contribution in [-0.4, -0.2) is 24.2 Å². The Morgan fingerprint density at radius 2 is 0.607 bits per heavy atom. The van der Waals surface area contributed by atoms with E-state index >= 15 is 0 Å². The normalized spacial score (nSPS) is 11.0. The molecule has 0 spiro atoms. The molecular formula is C83H78N12Pd6Pt6. The summed E-state index contributed by atoms with van der Waals surface area (Å²) in [6.45, 7) is 108. The smallest absolute Gasteiger partial charge is 0.265 e. The van der Waals surface area contributed by atoms with Crippen LogP contribution in [-0.2, 0) is 249 Å². The van der Waals surface area contributed by atoms with Crippen LogP contribution in [0, 0.1) is 104 Å². The topological polar surface area (TPSA) is 52.3 Å². The predicted octanol–water partition coefficient (Wildman–Crippen LogP) is 24.2. The maximum Gasteiger partial charge on any atom is 0.265 e. The summed E-state index contributed by atoms with van der Waals surface area (Å²) in [7, 11) is 0. The second kappa shape index (κ2) is 67.4. The molecule has 8 atom stereocenters. The van der Waals surface area contributed by atoms with Crippen LogP contribution in [0.2, 0.25) is 0 Å². The average molecular weight is 3050 g/mol. The molecule has 0 heterocycles. The summed E-state index contributed by atoms with van der Waals surface area (Å²) in [5, 5.41) is 0. The van der Waals surface area contributed by atoms with Gasteiger partial charge in [-0.3, -0.25) is 0 Å². The number of aryl methyl sites for hydroxylation is 2. The summed E-state index contributed by atoms with van der Waals surface area (Å²) in [5.74, 6) is 0. The van der Waals surface area contributed by atoms with E-state index in [1.54, 1.807) is 25.1 Å². The Morgan fingerprint density at radius 1 is 0.299 bits per heavy atom. The molecule has 12 nitrogen and oxygen atoms in total. The molecule has 0 aliphatic heterocycles. The van der Waals surface area contributed by atoms with E-state index in [0.717, 1.165) is 61.2 Å². The Labute approximate surface area is 807 Å². The minimum Gasteiger partial charge on any atom is -0.314 e. The number of benzene rings is 8. The largest absolute Gasteiger partial charge is 0.314 e. The Balaban J connectivity index is -0.000000132. The van der Waals surface area contributed by atoms with Crippen molar-refractivity contribution in [1.29, 1.82) is 0 Å². The molecule has 0 bridgehead atoms. The molecule has 0 saturated carbocycles. The van der Waals surface area contributed by atoms with Crippen LogP contribution in [0.5, 0.6) is 0 Å². The van der Waals surface area contributed by atoms with Gasteiger partial charge in [-0.1, -0.05) is 242 Å². The minimum absolute atomic E-state index is 0. The van der Waals surface area contributed by atoms with Gasteiger partial charge in [0.2, 0.25) is 35.9 Å². The monoisotopic (exact) mass is 3050 g/mol. The van der Waals surface area contributed by atoms with Crippen LogP contribution in [0.1, 0.15) is 149 Å². The van der Waals surface area contributed by atoms with Crippen LogP contribution in [0.15, 0.2) is 200 Å². The first-order valence-corrected chi connectivity index (χ1v) is 30.6. The van der Waals surface area contributed by atoms with Crippen molar-refractivity contribution in [2.24, 2.45) is 10.8 Å². The van der Waals surface area contributed by atoms with Gasteiger partial charge in [-0.15, -0.1) is 0 Å². The van der Waals surface area contributed by atoms with Crippen LogP contribution in [0.3, 0.4) is 0 Å². The number of hydrogen-bond donors (Lipinski definition) is 0. The fourth-order valence-corrected chi connectivity index (χ4v) is 9.89. The van der Waals surface area contributed by atoms with Crippen molar-refractivity contribution in [3.8, 4) is 11.1 Å². The number of nitrogens with zero attached hydrogens (tertiary/aromatic N) is 12. The second-order valence-corrected chi connectivity index (χ2v) is 24.2. The fourth-order valence-electron chi connectivity index (χ4n) is 9.89. The second-order valence-electron chi connectivity index (χ2n) is 24.2. The van der Waals surface area contributed by atoms with E-state index in [1.165, 1.54) is 0 Å². The maximum absolute atomic E-state index is 7.63. The van der Waals surface area contributed by atoms with Crippen LogP contribution in [0.4, 0.5) is 22.7 Å². The first-order valence-electron chi connectivity index (χ1n) is 30.6. The van der Waals surface area contributed by atoms with Gasteiger partial charge in [0.05, 0.1) is 39.1 Å². The zero-order valence-corrected chi connectivity index (χ0v) is 82.7. The first kappa shape index (κ1) is 124. The van der Waals surface area contributed by atoms with Gasteiger partial charge in [0.1, 0.15) is 0 Å². The van der Waals surface area contributed by atoms with Crippen molar-refractivity contribution in [3.63, 3.8) is 0 Å². The Bertz CT molecular complexity index is 4320. The zero-order chi connectivity index (χ0) is 70.5. The number of para-hydroxylation sites is 4. The molecule has 0 saturated heterocycles. The van der Waals surface area contributed by atoms with Crippen LogP contribution in [0.25, 0.3) is 69.3 Å². The summed E-state index contributed by atoms with van der Waals surface area (Å²) < 4.78 is 0. The molecule has 0 fully saturated rings. The molecule has 0 N–H and O–H groups in total. The van der Waals surface area contributed by atoms with Gasteiger partial charge in [0.25, 0.3) is 18.1 Å². The molecule has 8 unspecified atom stereocenters. The summed E-state index contributed by atoms with van der Waals surface area (Å²) in [4.78, 5) is 42.6. The fraction of sp³-hybridized carbons (Fsp3) is 0.277. The molecule has 0 aromatic heterocycles. The standard InChI is InChI=1S/C21H14N2.C17H14N2.C15H10N2.C13H22N2.C10H8N2.C7H10N2.6Pd.6Pt/c1-22-20(17-12-7-4-8-13-17)19-15-9-14-18(21(19)23-2)16-10-5-3-6-11-16;1-12-8-7-9-13(2)16(12)17(19-4)14-10-5-6-11-15(14)18-3;1-16-14-11-7-6-10-13(14)15(17-2)12-8-4-3-5-9-12;1-12(2,3)10(14-7)9-11(15-8)13(4,5)6;1-8(11-2)9-6-4-5-7-10(9)12-3;1-6(8-3)5-7(2)9-4;;;;;;;;;;;;/h3-15,20H;5-11,17H,1-2H3;3-11,15H;10-11H,9H2,1-6H3;4-8H,1H3;6-7H,5H2,1-2H3;;;;;;;;;;;;. The van der Waals surface area contributed by atoms with Crippen molar-refractivity contribution < 1.29 is 249 Å². The van der Waals surface area contributed by atoms with E-state index < -0.39 is 12.1 Å². The molecule has 107 heavy (non-hydrogen) atoms. The van der Waals surface area contributed by atoms with Gasteiger partial charge in [0.15, 0.2) is 17.1 Å². The van der Waals surface area contributed by atoms with Crippen LogP contribution < -0.4 is 0 Å². The number of hydrogen-bond acceptors (Lipinski definition) is 0. The minimum atomic E-state index is -0.455. The van der Waals surface area contributed by atoms with Gasteiger partial charge in [-0.05, 0) is 36.1 Å². The molecule has 8 aromatic rings. The SMILES string of the molecule is [C-]#[N+]C(C)CC(C)[N+]#[C-].[C-]#[N+]C(CC([N+]#[C-])C(C)(C)C)C(C)(C)C.[C-]#[N+]c1c(-c2ccccc2)cccc1C([N+]#[C-])c1ccccc1.[C-]#[N+]c1ccccc1C(C)[N+]#[C-].[C-]#[N+]c1ccccc1C([N+]#[C-])c1c(C)cccc1C.[C-]#[N+]c1ccccc1C([N+]#[C-])c1ccccc1.[Pd].[Pd].[Pd].[Pd].[Pd].[Pd].[Pt].[Pt].[Pt].[Pt].[Pt].[Pt]. The van der Waals surface area contributed by atoms with Crippen molar-refractivity contribution in [1.82, 2.24) is 0 Å². The maximum atomic E-state index is 7.63. The molecule has 8 rings (SSSR count). The van der Waals surface area contributed by atoms with Gasteiger partial charge < -0.3 is 38.8 Å². The molecule has 24 heteroatoms. The van der Waals surface area contributed by atoms with Gasteiger partial charge in [-0.25, -0.2) is 72.0 Å². The van der Waals surface area contributed by atoms with Crippen molar-refractivity contribution in [3.05, 3.63) is 387 Å². The number of rotatable bonds is 12. The Morgan fingerprint density at radius 3 is 0.935 bits per heavy atom. The van der Waals surface area contributed by atoms with Crippen molar-refractivity contribution in [2.45, 2.75) is 137 Å². The predicted molar refractivity (Wildman–Crippen MR) is 386 cm³/mol. The van der Waals surface area contributed by atoms with E-state index in [-0.39, 0.29) is 296 Å². The van der Waals surface area contributed by atoms with E-state index in [1.807, 2.05) is 210 Å².